The Hall–Kier alpha value is -3.71. The molecule has 13 heteroatoms. The number of likely N-dealkylation sites (tertiary alicyclic amines) is 1. The number of nitrogens with one attached hydrogen (secondary N) is 5. The first-order chi connectivity index (χ1) is 22.0. The summed E-state index contributed by atoms with van der Waals surface area (Å²) in [5.74, 6) is -0.528. The maximum Gasteiger partial charge on any atom is 0.241 e. The van der Waals surface area contributed by atoms with Crippen molar-refractivity contribution >= 4 is 33.6 Å². The summed E-state index contributed by atoms with van der Waals surface area (Å²) in [6, 6.07) is 5.84. The van der Waals surface area contributed by atoms with Gasteiger partial charge in [-0.2, -0.15) is 4.72 Å². The van der Waals surface area contributed by atoms with Crippen molar-refractivity contribution in [1.82, 2.24) is 20.3 Å². The number of allylic oxidation sites excluding steroid dienone is 3. The number of carbonyl (C=O) groups is 2. The van der Waals surface area contributed by atoms with Crippen LogP contribution in [0.2, 0.25) is 0 Å². The molecule has 3 rings (SSSR count). The average molecular weight is 671 g/mol. The minimum absolute atomic E-state index is 0.00455. The van der Waals surface area contributed by atoms with Crippen LogP contribution in [0.1, 0.15) is 71.9 Å². The Morgan fingerprint density at radius 2 is 1.62 bits per heavy atom. The largest absolute Gasteiger partial charge is 0.384 e. The van der Waals surface area contributed by atoms with Gasteiger partial charge in [0.15, 0.2) is 5.96 Å². The van der Waals surface area contributed by atoms with E-state index in [1.54, 1.807) is 29.2 Å². The molecule has 0 spiro atoms. The number of nitrogens with zero attached hydrogens (tertiary/aromatic N) is 1. The minimum Gasteiger partial charge on any atom is -0.384 e. The fourth-order valence-electron chi connectivity index (χ4n) is 6.24. The molecule has 1 aromatic carbocycles. The number of carbonyl (C=O) groups excluding carboxylic acids is 2. The number of piperidine rings is 1. The molecule has 1 fully saturated rings. The van der Waals surface area contributed by atoms with E-state index in [1.807, 2.05) is 27.7 Å². The molecule has 1 aromatic rings. The molecular weight excluding hydrogens is 616 g/mol. The van der Waals surface area contributed by atoms with Gasteiger partial charge in [0.25, 0.3) is 0 Å². The Kier molecular flexibility index (Phi) is 13.2. The van der Waals surface area contributed by atoms with E-state index < -0.39 is 16.1 Å². The molecule has 1 heterocycles. The van der Waals surface area contributed by atoms with Crippen LogP contribution in [0, 0.1) is 40.4 Å². The van der Waals surface area contributed by atoms with Gasteiger partial charge in [0.05, 0.1) is 4.91 Å². The smallest absolute Gasteiger partial charge is 0.241 e. The highest BCUT2D eigenvalue weighted by Crippen LogP contribution is 2.41. The Balaban J connectivity index is 1.90. The molecule has 0 bridgehead atoms. The molecule has 0 aromatic heterocycles. The monoisotopic (exact) mass is 670 g/mol. The minimum atomic E-state index is -4.14. The number of nitrogens with two attached hydrogens (primary N) is 2. The Bertz CT molecular complexity index is 1490. The summed E-state index contributed by atoms with van der Waals surface area (Å²) in [6.07, 6.45) is 3.70. The summed E-state index contributed by atoms with van der Waals surface area (Å²) >= 11 is 0. The van der Waals surface area contributed by atoms with Gasteiger partial charge in [-0.25, -0.2) is 8.42 Å². The van der Waals surface area contributed by atoms with E-state index in [9.17, 15) is 18.0 Å². The zero-order valence-electron chi connectivity index (χ0n) is 28.7. The van der Waals surface area contributed by atoms with Gasteiger partial charge < -0.3 is 27.0 Å². The third-order valence-electron chi connectivity index (χ3n) is 9.04. The number of hydrogen-bond donors (Lipinski definition) is 7. The van der Waals surface area contributed by atoms with E-state index in [2.05, 4.69) is 35.3 Å². The standard InChI is InChI=1S/C34H54N8O4S/c1-20(2)26-18-27(21(3)4)30(28(19-26)22(5)6)47(45,46)41-29(17-23-8-7-9-25(16-23)31(35)36)33(44)42-14-10-24(11-15-42)32(43)39-12-13-40-34(37)38/h7-9,16,18,20-22,24,26,29,41H,10-15,17,19H2,1-6H3,(H3,35,36)(H,39,43)(H4,37,38,40)/t26?,29-/m0/s1. The summed E-state index contributed by atoms with van der Waals surface area (Å²) in [5, 5.41) is 20.6. The molecule has 0 radical (unpaired) electrons. The predicted molar refractivity (Wildman–Crippen MR) is 187 cm³/mol. The third kappa shape index (κ3) is 10.1. The summed E-state index contributed by atoms with van der Waals surface area (Å²) in [4.78, 5) is 28.8. The van der Waals surface area contributed by atoms with Gasteiger partial charge in [-0.05, 0) is 72.1 Å². The predicted octanol–water partition coefficient (Wildman–Crippen LogP) is 2.81. The van der Waals surface area contributed by atoms with Gasteiger partial charge in [0, 0.05) is 37.7 Å². The molecule has 260 valence electrons. The highest BCUT2D eigenvalue weighted by Gasteiger charge is 2.38. The molecule has 47 heavy (non-hydrogen) atoms. The lowest BCUT2D eigenvalue weighted by Crippen LogP contribution is -2.53. The third-order valence-corrected chi connectivity index (χ3v) is 10.7. The number of amidine groups is 1. The molecule has 12 nitrogen and oxygen atoms in total. The lowest BCUT2D eigenvalue weighted by Gasteiger charge is -2.35. The highest BCUT2D eigenvalue weighted by atomic mass is 32.2. The van der Waals surface area contributed by atoms with E-state index in [-0.39, 0.29) is 53.7 Å². The van der Waals surface area contributed by atoms with Gasteiger partial charge in [-0.3, -0.25) is 20.4 Å². The number of amides is 2. The summed E-state index contributed by atoms with van der Waals surface area (Å²) in [5.41, 5.74) is 13.8. The first-order valence-corrected chi connectivity index (χ1v) is 18.0. The second-order valence-electron chi connectivity index (χ2n) is 13.6. The van der Waals surface area contributed by atoms with Crippen LogP contribution in [0.3, 0.4) is 0 Å². The van der Waals surface area contributed by atoms with Gasteiger partial charge in [0.1, 0.15) is 11.9 Å². The molecule has 2 amide bonds. The van der Waals surface area contributed by atoms with E-state index in [4.69, 9.17) is 22.3 Å². The van der Waals surface area contributed by atoms with Crippen molar-refractivity contribution in [3.05, 3.63) is 57.5 Å². The number of sulfonamides is 1. The normalized spacial score (nSPS) is 18.4. The van der Waals surface area contributed by atoms with Crippen molar-refractivity contribution in [1.29, 1.82) is 10.8 Å². The average Bonchev–Trinajstić information content (AvgIpc) is 3.01. The number of guanidine groups is 1. The first-order valence-electron chi connectivity index (χ1n) is 16.6. The van der Waals surface area contributed by atoms with Crippen molar-refractivity contribution in [3.8, 4) is 0 Å². The van der Waals surface area contributed by atoms with Gasteiger partial charge in [0.2, 0.25) is 21.8 Å². The second kappa shape index (κ2) is 16.4. The fraction of sp³-hybridized carbons (Fsp3) is 0.588. The van der Waals surface area contributed by atoms with Gasteiger partial charge in [-0.15, -0.1) is 0 Å². The van der Waals surface area contributed by atoms with Crippen molar-refractivity contribution in [2.24, 2.45) is 41.1 Å². The Morgan fingerprint density at radius 1 is 0.979 bits per heavy atom. The van der Waals surface area contributed by atoms with Crippen LogP contribution in [0.15, 0.2) is 46.4 Å². The zero-order chi connectivity index (χ0) is 35.1. The van der Waals surface area contributed by atoms with Crippen molar-refractivity contribution < 1.29 is 18.0 Å². The summed E-state index contributed by atoms with van der Waals surface area (Å²) < 4.78 is 31.7. The fourth-order valence-corrected chi connectivity index (χ4v) is 8.20. The molecule has 1 unspecified atom stereocenters. The van der Waals surface area contributed by atoms with Crippen LogP contribution in [-0.2, 0) is 26.0 Å². The van der Waals surface area contributed by atoms with Crippen molar-refractivity contribution in [2.45, 2.75) is 73.3 Å². The van der Waals surface area contributed by atoms with E-state index in [1.165, 1.54) is 0 Å². The maximum absolute atomic E-state index is 14.4. The topological polar surface area (TPSA) is 207 Å². The quantitative estimate of drug-likeness (QED) is 0.0894. The van der Waals surface area contributed by atoms with Gasteiger partial charge in [-0.1, -0.05) is 65.8 Å². The van der Waals surface area contributed by atoms with Gasteiger partial charge >= 0.3 is 0 Å². The molecule has 1 saturated heterocycles. The maximum atomic E-state index is 14.4. The van der Waals surface area contributed by atoms with Crippen molar-refractivity contribution in [2.75, 3.05) is 26.2 Å². The Morgan fingerprint density at radius 3 is 2.17 bits per heavy atom. The van der Waals surface area contributed by atoms with E-state index in [0.717, 1.165) is 11.1 Å². The number of benzene rings is 1. The lowest BCUT2D eigenvalue weighted by atomic mass is 9.78. The number of hydrogen-bond acceptors (Lipinski definition) is 6. The zero-order valence-corrected chi connectivity index (χ0v) is 29.5. The van der Waals surface area contributed by atoms with E-state index >= 15 is 0 Å². The van der Waals surface area contributed by atoms with Crippen molar-refractivity contribution in [3.63, 3.8) is 0 Å². The van der Waals surface area contributed by atoms with E-state index in [0.29, 0.717) is 67.4 Å². The number of rotatable bonds is 14. The van der Waals surface area contributed by atoms with Crippen LogP contribution in [0.5, 0.6) is 0 Å². The first kappa shape index (κ1) is 37.7. The van der Waals surface area contributed by atoms with Crippen LogP contribution in [0.25, 0.3) is 0 Å². The molecule has 0 saturated carbocycles. The second-order valence-corrected chi connectivity index (χ2v) is 15.3. The SMILES string of the molecule is CC(C)C1=CC(C(C)C)CC(C(C)C)=C1S(=O)(=O)N[C@@H](Cc1cccc(C(=N)N)c1)C(=O)N1CCC(C(=O)NCCNC(=N)N)CC1. The molecule has 2 aliphatic rings. The van der Waals surface area contributed by atoms with Crippen LogP contribution in [-0.4, -0.2) is 69.1 Å². The summed E-state index contributed by atoms with van der Waals surface area (Å²) in [6.45, 7) is 13.6. The highest BCUT2D eigenvalue weighted by molar-refractivity contribution is 7.93. The molecular formula is C34H54N8O4S. The molecule has 2 atom stereocenters. The van der Waals surface area contributed by atoms with Crippen LogP contribution >= 0.6 is 0 Å². The molecule has 9 N–H and O–H groups in total. The number of nitrogen functional groups attached to an aromatic ring is 1. The molecule has 1 aliphatic heterocycles. The Labute approximate surface area is 280 Å². The lowest BCUT2D eigenvalue weighted by molar-refractivity contribution is -0.137. The van der Waals surface area contributed by atoms with Crippen LogP contribution < -0.4 is 26.8 Å². The van der Waals surface area contributed by atoms with Crippen LogP contribution in [0.4, 0.5) is 0 Å². The molecule has 1 aliphatic carbocycles. The summed E-state index contributed by atoms with van der Waals surface area (Å²) in [7, 11) is -4.14.